The topological polar surface area (TPSA) is 18.5 Å². The molecule has 2 aromatic carbocycles. The number of benzene rings is 2. The van der Waals surface area contributed by atoms with Gasteiger partial charge >= 0.3 is 0 Å². The van der Waals surface area contributed by atoms with E-state index in [2.05, 4.69) is 63.2 Å². The zero-order valence-electron chi connectivity index (χ0n) is 17.4. The van der Waals surface area contributed by atoms with E-state index in [-0.39, 0.29) is 0 Å². The number of hydrogen-bond acceptors (Lipinski definition) is 2. The Morgan fingerprint density at radius 2 is 1.30 bits per heavy atom. The number of ether oxygens (including phenoxy) is 2. The summed E-state index contributed by atoms with van der Waals surface area (Å²) in [6.07, 6.45) is 9.72. The molecule has 2 rings (SSSR count). The van der Waals surface area contributed by atoms with Crippen LogP contribution in [0.5, 0.6) is 11.5 Å². The van der Waals surface area contributed by atoms with Gasteiger partial charge in [0, 0.05) is 11.6 Å². The molecule has 0 aliphatic carbocycles. The van der Waals surface area contributed by atoms with Crippen LogP contribution < -0.4 is 9.47 Å². The van der Waals surface area contributed by atoms with Crippen molar-refractivity contribution in [1.82, 2.24) is 0 Å². The Labute approximate surface area is 165 Å². The quantitative estimate of drug-likeness (QED) is 0.339. The van der Waals surface area contributed by atoms with Crippen molar-refractivity contribution < 1.29 is 9.47 Å². The largest absolute Gasteiger partial charge is 0.493 e. The molecule has 0 radical (unpaired) electrons. The molecule has 0 saturated carbocycles. The predicted molar refractivity (Wildman–Crippen MR) is 116 cm³/mol. The summed E-state index contributed by atoms with van der Waals surface area (Å²) in [6, 6.07) is 14.9. The highest BCUT2D eigenvalue weighted by Gasteiger charge is 2.09. The summed E-state index contributed by atoms with van der Waals surface area (Å²) in [6.45, 7) is 8.12. The summed E-state index contributed by atoms with van der Waals surface area (Å²) in [5, 5.41) is 0. The van der Waals surface area contributed by atoms with E-state index in [1.165, 1.54) is 49.7 Å². The highest BCUT2D eigenvalue weighted by molar-refractivity contribution is 5.71. The molecular weight excluding hydrogens is 332 g/mol. The summed E-state index contributed by atoms with van der Waals surface area (Å²) in [5.74, 6) is 1.84. The maximum Gasteiger partial charge on any atom is 0.130 e. The average molecular weight is 369 g/mol. The van der Waals surface area contributed by atoms with Crippen LogP contribution in [-0.4, -0.2) is 13.2 Å². The van der Waals surface area contributed by atoms with Gasteiger partial charge in [-0.2, -0.15) is 0 Å². The minimum atomic E-state index is 0.763. The Bertz CT molecular complexity index is 646. The average Bonchev–Trinajstić information content (AvgIpc) is 2.69. The highest BCUT2D eigenvalue weighted by Crippen LogP contribution is 2.34. The second-order valence-electron chi connectivity index (χ2n) is 7.34. The molecule has 0 N–H and O–H groups in total. The van der Waals surface area contributed by atoms with Gasteiger partial charge in [-0.15, -0.1) is 0 Å². The van der Waals surface area contributed by atoms with Crippen LogP contribution in [0.1, 0.15) is 70.8 Å². The van der Waals surface area contributed by atoms with Gasteiger partial charge in [-0.3, -0.25) is 0 Å². The molecule has 0 atom stereocenters. The van der Waals surface area contributed by atoms with E-state index in [9.17, 15) is 0 Å². The fraction of sp³-hybridized carbons (Fsp3) is 0.520. The lowest BCUT2D eigenvalue weighted by Crippen LogP contribution is -2.01. The van der Waals surface area contributed by atoms with Crippen molar-refractivity contribution in [2.24, 2.45) is 0 Å². The molecule has 0 aliphatic heterocycles. The molecule has 0 unspecified atom stereocenters. The zero-order valence-corrected chi connectivity index (χ0v) is 17.4. The van der Waals surface area contributed by atoms with Crippen LogP contribution in [-0.2, 0) is 0 Å². The third-order valence-corrected chi connectivity index (χ3v) is 4.84. The first-order valence-corrected chi connectivity index (χ1v) is 10.7. The minimum Gasteiger partial charge on any atom is -0.493 e. The highest BCUT2D eigenvalue weighted by atomic mass is 16.5. The lowest BCUT2D eigenvalue weighted by atomic mass is 10.0. The molecule has 0 saturated heterocycles. The van der Waals surface area contributed by atoms with Crippen molar-refractivity contribution in [3.63, 3.8) is 0 Å². The maximum atomic E-state index is 6.17. The molecule has 2 nitrogen and oxygen atoms in total. The molecule has 2 aromatic rings. The lowest BCUT2D eigenvalue weighted by molar-refractivity contribution is 0.291. The first-order valence-electron chi connectivity index (χ1n) is 10.7. The monoisotopic (exact) mass is 368 g/mol. The van der Waals surface area contributed by atoms with Crippen molar-refractivity contribution in [3.8, 4) is 22.6 Å². The maximum absolute atomic E-state index is 6.17. The third kappa shape index (κ3) is 7.66. The zero-order chi connectivity index (χ0) is 19.3. The van der Waals surface area contributed by atoms with Crippen LogP contribution in [0.2, 0.25) is 0 Å². The molecule has 2 heteroatoms. The Kier molecular flexibility index (Phi) is 9.83. The predicted octanol–water partition coefficient (Wildman–Crippen LogP) is 7.58. The summed E-state index contributed by atoms with van der Waals surface area (Å²) in [7, 11) is 0. The van der Waals surface area contributed by atoms with Crippen LogP contribution in [0.3, 0.4) is 0 Å². The van der Waals surface area contributed by atoms with Crippen molar-refractivity contribution in [1.29, 1.82) is 0 Å². The molecule has 0 aliphatic rings. The molecule has 0 amide bonds. The van der Waals surface area contributed by atoms with Crippen LogP contribution >= 0.6 is 0 Å². The van der Waals surface area contributed by atoms with E-state index >= 15 is 0 Å². The Morgan fingerprint density at radius 3 is 1.93 bits per heavy atom. The SMILES string of the molecule is CCCCCCOc1ccc(-c2ccc(C)cc2)c(OCCCCCC)c1. The van der Waals surface area contributed by atoms with E-state index in [1.807, 2.05) is 0 Å². The molecule has 0 aromatic heterocycles. The number of unbranched alkanes of at least 4 members (excludes halogenated alkanes) is 6. The molecule has 0 bridgehead atoms. The van der Waals surface area contributed by atoms with Gasteiger partial charge in [0.2, 0.25) is 0 Å². The number of aryl methyl sites for hydroxylation is 1. The molecule has 148 valence electrons. The van der Waals surface area contributed by atoms with E-state index in [0.717, 1.165) is 43.1 Å². The van der Waals surface area contributed by atoms with Crippen molar-refractivity contribution in [3.05, 3.63) is 48.0 Å². The molecule has 0 spiro atoms. The van der Waals surface area contributed by atoms with Crippen LogP contribution in [0, 0.1) is 6.92 Å². The Balaban J connectivity index is 2.05. The Hall–Kier alpha value is -1.96. The number of hydrogen-bond donors (Lipinski definition) is 0. The Morgan fingerprint density at radius 1 is 0.667 bits per heavy atom. The summed E-state index contributed by atoms with van der Waals surface area (Å²) >= 11 is 0. The van der Waals surface area contributed by atoms with Gasteiger partial charge in [-0.1, -0.05) is 82.2 Å². The summed E-state index contributed by atoms with van der Waals surface area (Å²) in [4.78, 5) is 0. The molecular formula is C25H36O2. The summed E-state index contributed by atoms with van der Waals surface area (Å²) in [5.41, 5.74) is 3.61. The van der Waals surface area contributed by atoms with E-state index in [4.69, 9.17) is 9.47 Å². The fourth-order valence-electron chi connectivity index (χ4n) is 3.11. The summed E-state index contributed by atoms with van der Waals surface area (Å²) < 4.78 is 12.1. The van der Waals surface area contributed by atoms with Gasteiger partial charge in [0.1, 0.15) is 11.5 Å². The van der Waals surface area contributed by atoms with E-state index < -0.39 is 0 Å². The van der Waals surface area contributed by atoms with E-state index in [1.54, 1.807) is 0 Å². The van der Waals surface area contributed by atoms with Crippen LogP contribution in [0.25, 0.3) is 11.1 Å². The van der Waals surface area contributed by atoms with Crippen LogP contribution in [0.15, 0.2) is 42.5 Å². The smallest absolute Gasteiger partial charge is 0.130 e. The first-order chi connectivity index (χ1) is 13.2. The van der Waals surface area contributed by atoms with Gasteiger partial charge in [0.15, 0.2) is 0 Å². The number of rotatable bonds is 13. The van der Waals surface area contributed by atoms with Gasteiger partial charge in [-0.25, -0.2) is 0 Å². The fourth-order valence-corrected chi connectivity index (χ4v) is 3.11. The van der Waals surface area contributed by atoms with Crippen molar-refractivity contribution in [2.45, 2.75) is 72.1 Å². The molecule has 0 fully saturated rings. The molecule has 0 heterocycles. The second-order valence-corrected chi connectivity index (χ2v) is 7.34. The van der Waals surface area contributed by atoms with Crippen molar-refractivity contribution >= 4 is 0 Å². The second kappa shape index (κ2) is 12.4. The first kappa shape index (κ1) is 21.3. The van der Waals surface area contributed by atoms with Gasteiger partial charge in [-0.05, 0) is 37.5 Å². The van der Waals surface area contributed by atoms with Gasteiger partial charge in [0.05, 0.1) is 13.2 Å². The van der Waals surface area contributed by atoms with Crippen molar-refractivity contribution in [2.75, 3.05) is 13.2 Å². The third-order valence-electron chi connectivity index (χ3n) is 4.84. The van der Waals surface area contributed by atoms with Gasteiger partial charge < -0.3 is 9.47 Å². The lowest BCUT2D eigenvalue weighted by Gasteiger charge is -2.14. The standard InChI is InChI=1S/C25H36O2/c1-4-6-8-10-18-26-23-16-17-24(22-14-12-21(3)13-15-22)25(20-23)27-19-11-9-7-5-2/h12-17,20H,4-11,18-19H2,1-3H3. The van der Waals surface area contributed by atoms with Gasteiger partial charge in [0.25, 0.3) is 0 Å². The molecule has 27 heavy (non-hydrogen) atoms. The van der Waals surface area contributed by atoms with Crippen LogP contribution in [0.4, 0.5) is 0 Å². The normalized spacial score (nSPS) is 10.8. The minimum absolute atomic E-state index is 0.763. The van der Waals surface area contributed by atoms with E-state index in [0.29, 0.717) is 0 Å².